The van der Waals surface area contributed by atoms with Crippen LogP contribution in [0.2, 0.25) is 0 Å². The van der Waals surface area contributed by atoms with Crippen LogP contribution in [0.1, 0.15) is 29.3 Å². The molecular weight excluding hydrogens is 288 g/mol. The number of fused-ring (bicyclic) bond motifs is 1. The third-order valence-electron chi connectivity index (χ3n) is 4.57. The van der Waals surface area contributed by atoms with Gasteiger partial charge in [0.25, 0.3) is 0 Å². The largest absolute Gasteiger partial charge is 0.331 e. The van der Waals surface area contributed by atoms with E-state index in [9.17, 15) is 0 Å². The summed E-state index contributed by atoms with van der Waals surface area (Å²) in [6, 6.07) is 19.4. The number of rotatable bonds is 3. The van der Waals surface area contributed by atoms with Gasteiger partial charge in [-0.25, -0.2) is 4.98 Å². The number of aromatic nitrogens is 1. The normalized spacial score (nSPS) is 22.0. The molecule has 0 spiro atoms. The molecule has 2 aromatic carbocycles. The highest BCUT2D eigenvalue weighted by molar-refractivity contribution is 7.18. The van der Waals surface area contributed by atoms with Crippen molar-refractivity contribution in [1.29, 1.82) is 0 Å². The quantitative estimate of drug-likeness (QED) is 0.786. The molecule has 1 saturated heterocycles. The second kappa shape index (κ2) is 6.19. The minimum atomic E-state index is 0.630. The lowest BCUT2D eigenvalue weighted by Gasteiger charge is -2.28. The average molecular weight is 309 g/mol. The van der Waals surface area contributed by atoms with Gasteiger partial charge in [0.15, 0.2) is 0 Å². The number of quaternary nitrogens is 1. The summed E-state index contributed by atoms with van der Waals surface area (Å²) in [5, 5.41) is 1.34. The van der Waals surface area contributed by atoms with Crippen molar-refractivity contribution in [1.82, 2.24) is 4.98 Å². The molecule has 2 atom stereocenters. The maximum Gasteiger partial charge on any atom is 0.103 e. The highest BCUT2D eigenvalue weighted by Gasteiger charge is 2.26. The van der Waals surface area contributed by atoms with Gasteiger partial charge in [0.2, 0.25) is 0 Å². The Bertz CT molecular complexity index is 717. The minimum absolute atomic E-state index is 0.630. The number of hydrogen-bond acceptors (Lipinski definition) is 2. The van der Waals surface area contributed by atoms with E-state index in [-0.39, 0.29) is 0 Å². The molecule has 0 saturated carbocycles. The van der Waals surface area contributed by atoms with E-state index >= 15 is 0 Å². The van der Waals surface area contributed by atoms with Crippen LogP contribution in [0.25, 0.3) is 10.2 Å². The summed E-state index contributed by atoms with van der Waals surface area (Å²) in [7, 11) is 0. The first-order valence-corrected chi connectivity index (χ1v) is 8.93. The van der Waals surface area contributed by atoms with Crippen LogP contribution in [0.5, 0.6) is 0 Å². The van der Waals surface area contributed by atoms with Crippen molar-refractivity contribution >= 4 is 21.6 Å². The summed E-state index contributed by atoms with van der Waals surface area (Å²) in [5.74, 6) is 0.630. The van der Waals surface area contributed by atoms with Crippen molar-refractivity contribution < 1.29 is 4.90 Å². The van der Waals surface area contributed by atoms with E-state index in [1.165, 1.54) is 41.2 Å². The molecule has 0 aliphatic carbocycles. The van der Waals surface area contributed by atoms with Gasteiger partial charge in [-0.2, -0.15) is 0 Å². The third-order valence-corrected chi connectivity index (χ3v) is 5.77. The number of likely N-dealkylation sites (tertiary alicyclic amines) is 1. The minimum Gasteiger partial charge on any atom is -0.331 e. The van der Waals surface area contributed by atoms with Crippen molar-refractivity contribution in [3.63, 3.8) is 0 Å². The fourth-order valence-corrected chi connectivity index (χ4v) is 4.57. The number of thiazole rings is 1. The second-order valence-electron chi connectivity index (χ2n) is 6.23. The molecule has 1 aliphatic rings. The van der Waals surface area contributed by atoms with E-state index in [0.717, 1.165) is 12.1 Å². The molecule has 3 aromatic rings. The van der Waals surface area contributed by atoms with Crippen molar-refractivity contribution in [3.05, 3.63) is 65.2 Å². The number of para-hydroxylation sites is 1. The Morgan fingerprint density at radius 3 is 2.73 bits per heavy atom. The monoisotopic (exact) mass is 309 g/mol. The van der Waals surface area contributed by atoms with Gasteiger partial charge in [-0.05, 0) is 25.0 Å². The standard InChI is InChI=1S/C19H20N2S/c1-2-7-15(8-3-1)13-21-12-6-9-16(14-21)19-20-17-10-4-5-11-18(17)22-19/h1-5,7-8,10-11,16H,6,9,12-14H2/p+1/t16-/m1/s1. The Labute approximate surface area is 135 Å². The van der Waals surface area contributed by atoms with Crippen molar-refractivity contribution in [2.75, 3.05) is 13.1 Å². The van der Waals surface area contributed by atoms with Gasteiger partial charge < -0.3 is 4.90 Å². The van der Waals surface area contributed by atoms with Gasteiger partial charge >= 0.3 is 0 Å². The van der Waals surface area contributed by atoms with Crippen LogP contribution in [-0.2, 0) is 6.54 Å². The van der Waals surface area contributed by atoms with Crippen LogP contribution in [0, 0.1) is 0 Å². The molecule has 22 heavy (non-hydrogen) atoms. The summed E-state index contributed by atoms with van der Waals surface area (Å²) in [5.41, 5.74) is 2.61. The van der Waals surface area contributed by atoms with Crippen molar-refractivity contribution in [2.24, 2.45) is 0 Å². The molecule has 0 amide bonds. The van der Waals surface area contributed by atoms with Crippen LogP contribution in [-0.4, -0.2) is 18.1 Å². The van der Waals surface area contributed by atoms with Crippen LogP contribution < -0.4 is 4.90 Å². The molecule has 1 unspecified atom stereocenters. The van der Waals surface area contributed by atoms with Crippen LogP contribution >= 0.6 is 11.3 Å². The third kappa shape index (κ3) is 2.92. The lowest BCUT2D eigenvalue weighted by molar-refractivity contribution is -0.920. The molecule has 2 heterocycles. The first-order valence-electron chi connectivity index (χ1n) is 8.11. The Hall–Kier alpha value is -1.71. The predicted octanol–water partition coefficient (Wildman–Crippen LogP) is 3.26. The Morgan fingerprint density at radius 1 is 1.05 bits per heavy atom. The molecule has 1 aliphatic heterocycles. The van der Waals surface area contributed by atoms with Gasteiger partial charge in [0.1, 0.15) is 11.6 Å². The Morgan fingerprint density at radius 2 is 1.86 bits per heavy atom. The zero-order valence-electron chi connectivity index (χ0n) is 12.7. The fourth-order valence-electron chi connectivity index (χ4n) is 3.47. The lowest BCUT2D eigenvalue weighted by Crippen LogP contribution is -3.12. The average Bonchev–Trinajstić information content (AvgIpc) is 3.00. The zero-order chi connectivity index (χ0) is 14.8. The summed E-state index contributed by atoms with van der Waals surface area (Å²) in [6.45, 7) is 3.65. The summed E-state index contributed by atoms with van der Waals surface area (Å²) in [4.78, 5) is 6.58. The van der Waals surface area contributed by atoms with Crippen molar-refractivity contribution in [3.8, 4) is 0 Å². The Balaban J connectivity index is 1.50. The second-order valence-corrected chi connectivity index (χ2v) is 7.29. The predicted molar refractivity (Wildman–Crippen MR) is 92.4 cm³/mol. The maximum absolute atomic E-state index is 4.88. The molecule has 1 fully saturated rings. The number of hydrogen-bond donors (Lipinski definition) is 1. The zero-order valence-corrected chi connectivity index (χ0v) is 13.5. The first-order chi connectivity index (χ1) is 10.9. The molecule has 0 bridgehead atoms. The van der Waals surface area contributed by atoms with Gasteiger partial charge in [-0.15, -0.1) is 11.3 Å². The number of benzene rings is 2. The van der Waals surface area contributed by atoms with Gasteiger partial charge in [0, 0.05) is 5.56 Å². The van der Waals surface area contributed by atoms with Crippen LogP contribution in [0.4, 0.5) is 0 Å². The van der Waals surface area contributed by atoms with E-state index in [1.807, 2.05) is 11.3 Å². The molecule has 1 N–H and O–H groups in total. The Kier molecular flexibility index (Phi) is 3.92. The number of nitrogens with zero attached hydrogens (tertiary/aromatic N) is 1. The van der Waals surface area contributed by atoms with Crippen molar-refractivity contribution in [2.45, 2.75) is 25.3 Å². The molecular formula is C19H21N2S+. The van der Waals surface area contributed by atoms with E-state index < -0.39 is 0 Å². The van der Waals surface area contributed by atoms with Crippen LogP contribution in [0.3, 0.4) is 0 Å². The summed E-state index contributed by atoms with van der Waals surface area (Å²) < 4.78 is 1.33. The summed E-state index contributed by atoms with van der Waals surface area (Å²) >= 11 is 1.89. The first kappa shape index (κ1) is 13.9. The van der Waals surface area contributed by atoms with Gasteiger partial charge in [-0.3, -0.25) is 0 Å². The molecule has 0 radical (unpaired) electrons. The molecule has 2 nitrogen and oxygen atoms in total. The van der Waals surface area contributed by atoms with E-state index in [4.69, 9.17) is 4.98 Å². The molecule has 4 rings (SSSR count). The molecule has 3 heteroatoms. The van der Waals surface area contributed by atoms with Crippen LogP contribution in [0.15, 0.2) is 54.6 Å². The SMILES string of the molecule is c1ccc(C[NH+]2CCC[C@@H](c3nc4ccccc4s3)C2)cc1. The highest BCUT2D eigenvalue weighted by atomic mass is 32.1. The topological polar surface area (TPSA) is 17.3 Å². The van der Waals surface area contributed by atoms with E-state index in [1.54, 1.807) is 4.90 Å². The highest BCUT2D eigenvalue weighted by Crippen LogP contribution is 2.30. The fraction of sp³-hybridized carbons (Fsp3) is 0.316. The number of nitrogens with one attached hydrogen (secondary N) is 1. The van der Waals surface area contributed by atoms with Gasteiger partial charge in [-0.1, -0.05) is 42.5 Å². The van der Waals surface area contributed by atoms with Gasteiger partial charge in [0.05, 0.1) is 29.2 Å². The maximum atomic E-state index is 4.88. The molecule has 1 aromatic heterocycles. The molecule has 112 valence electrons. The smallest absolute Gasteiger partial charge is 0.103 e. The van der Waals surface area contributed by atoms with E-state index in [0.29, 0.717) is 5.92 Å². The number of piperidine rings is 1. The van der Waals surface area contributed by atoms with E-state index in [2.05, 4.69) is 54.6 Å². The lowest BCUT2D eigenvalue weighted by atomic mass is 9.98. The summed E-state index contributed by atoms with van der Waals surface area (Å²) in [6.07, 6.45) is 2.60.